The number of hydrogen-bond donors (Lipinski definition) is 0. The number of carbonyl (C=O) groups is 1. The number of sulfone groups is 1. The quantitative estimate of drug-likeness (QED) is 0.262. The topological polar surface area (TPSA) is 132 Å². The number of halogens is 2. The molecule has 0 saturated carbocycles. The van der Waals surface area contributed by atoms with Gasteiger partial charge in [-0.1, -0.05) is 23.2 Å². The number of rotatable bonds is 7. The number of ether oxygens (including phenoxy) is 1. The van der Waals surface area contributed by atoms with Gasteiger partial charge < -0.3 is 9.64 Å². The van der Waals surface area contributed by atoms with E-state index >= 15 is 0 Å². The molecule has 5 rings (SSSR count). The van der Waals surface area contributed by atoms with Gasteiger partial charge in [0.1, 0.15) is 12.1 Å². The van der Waals surface area contributed by atoms with Crippen molar-refractivity contribution in [3.05, 3.63) is 70.8 Å². The van der Waals surface area contributed by atoms with E-state index in [1.807, 2.05) is 4.90 Å². The normalized spacial score (nSPS) is 15.4. The zero-order chi connectivity index (χ0) is 31.2. The maximum Gasteiger partial charge on any atom is 0.327 e. The molecule has 0 unspecified atom stereocenters. The third-order valence-corrected chi connectivity index (χ3v) is 10.4. The number of benzene rings is 2. The fraction of sp³-hybridized carbons (Fsp3) is 0.321. The Morgan fingerprint density at radius 3 is 2.19 bits per heavy atom. The molecule has 43 heavy (non-hydrogen) atoms. The molecule has 228 valence electrons. The fourth-order valence-electron chi connectivity index (χ4n) is 4.65. The highest BCUT2D eigenvalue weighted by Gasteiger charge is 2.30. The third kappa shape index (κ3) is 7.06. The zero-order valence-electron chi connectivity index (χ0n) is 23.6. The molecule has 0 spiro atoms. The largest absolute Gasteiger partial charge is 0.459 e. The van der Waals surface area contributed by atoms with Crippen LogP contribution < -0.4 is 9.21 Å². The van der Waals surface area contributed by atoms with Crippen molar-refractivity contribution in [1.29, 1.82) is 0 Å². The number of esters is 1. The first-order valence-electron chi connectivity index (χ1n) is 13.2. The van der Waals surface area contributed by atoms with Crippen molar-refractivity contribution in [2.24, 2.45) is 0 Å². The minimum Gasteiger partial charge on any atom is -0.459 e. The molecular weight excluding hydrogens is 637 g/mol. The zero-order valence-corrected chi connectivity index (χ0v) is 26.7. The van der Waals surface area contributed by atoms with Crippen LogP contribution in [-0.4, -0.2) is 74.3 Å². The molecule has 2 aromatic carbocycles. The van der Waals surface area contributed by atoms with Gasteiger partial charge in [-0.3, -0.25) is 13.7 Å². The number of carbonyl (C=O) groups excluding carboxylic acids is 1. The first-order valence-corrected chi connectivity index (χ1v) is 17.2. The van der Waals surface area contributed by atoms with E-state index in [0.29, 0.717) is 30.1 Å². The average molecular weight is 667 g/mol. The minimum atomic E-state index is -4.29. The SMILES string of the molecule is CC(C)(C)OC(=O)CN(c1ccc2c(ccn2-c2ccc(N3CCS(=O)(=O)CC3)nn2)c1)S(=O)(=O)c1cc(Cl)cc(Cl)c1. The van der Waals surface area contributed by atoms with Crippen LogP contribution >= 0.6 is 23.2 Å². The van der Waals surface area contributed by atoms with Crippen molar-refractivity contribution >= 4 is 71.4 Å². The number of anilines is 2. The number of aromatic nitrogens is 3. The number of fused-ring (bicyclic) bond motifs is 1. The average Bonchev–Trinajstić information content (AvgIpc) is 3.33. The fourth-order valence-corrected chi connectivity index (χ4v) is 7.98. The van der Waals surface area contributed by atoms with Gasteiger partial charge in [-0.15, -0.1) is 10.2 Å². The number of nitrogens with zero attached hydrogens (tertiary/aromatic N) is 5. The Bertz CT molecular complexity index is 1870. The van der Waals surface area contributed by atoms with Gasteiger partial charge in [0.2, 0.25) is 0 Å². The Balaban J connectivity index is 1.48. The molecule has 0 N–H and O–H groups in total. The molecule has 1 saturated heterocycles. The second-order valence-electron chi connectivity index (χ2n) is 11.0. The van der Waals surface area contributed by atoms with E-state index in [-0.39, 0.29) is 32.1 Å². The van der Waals surface area contributed by atoms with E-state index in [1.54, 1.807) is 67.9 Å². The van der Waals surface area contributed by atoms with Gasteiger partial charge in [-0.2, -0.15) is 0 Å². The summed E-state index contributed by atoms with van der Waals surface area (Å²) in [5.41, 5.74) is 0.124. The lowest BCUT2D eigenvalue weighted by atomic mass is 10.2. The standard InChI is InChI=1S/C28H29Cl2N5O6S2/c1-28(2,3)41-27(36)18-35(43(39,40)23-16-20(29)15-21(30)17-23)22-4-5-24-19(14-22)8-9-34(24)26-7-6-25(31-32-26)33-10-12-42(37,38)13-11-33/h4-9,14-17H,10-13,18H2,1-3H3. The molecule has 0 atom stereocenters. The van der Waals surface area contributed by atoms with Crippen LogP contribution in [0.2, 0.25) is 10.0 Å². The summed E-state index contributed by atoms with van der Waals surface area (Å²) in [6.07, 6.45) is 1.77. The second kappa shape index (κ2) is 11.6. The van der Waals surface area contributed by atoms with Gasteiger partial charge in [0, 0.05) is 34.7 Å². The van der Waals surface area contributed by atoms with E-state index in [0.717, 1.165) is 9.82 Å². The molecule has 4 aromatic rings. The second-order valence-corrected chi connectivity index (χ2v) is 16.1. The molecule has 0 amide bonds. The van der Waals surface area contributed by atoms with Crippen molar-refractivity contribution in [1.82, 2.24) is 14.8 Å². The summed E-state index contributed by atoms with van der Waals surface area (Å²) in [6, 6.07) is 14.3. The van der Waals surface area contributed by atoms with Gasteiger partial charge >= 0.3 is 5.97 Å². The molecular formula is C28H29Cl2N5O6S2. The third-order valence-electron chi connectivity index (χ3n) is 6.63. The van der Waals surface area contributed by atoms with Gasteiger partial charge in [0.25, 0.3) is 10.0 Å². The van der Waals surface area contributed by atoms with Crippen LogP contribution in [0.25, 0.3) is 16.7 Å². The molecule has 3 heterocycles. The highest BCUT2D eigenvalue weighted by atomic mass is 35.5. The monoisotopic (exact) mass is 665 g/mol. The first-order chi connectivity index (χ1) is 20.1. The van der Waals surface area contributed by atoms with Crippen molar-refractivity contribution in [3.63, 3.8) is 0 Å². The Morgan fingerprint density at radius 1 is 0.953 bits per heavy atom. The molecule has 11 nitrogen and oxygen atoms in total. The van der Waals surface area contributed by atoms with E-state index in [4.69, 9.17) is 27.9 Å². The molecule has 0 aliphatic carbocycles. The van der Waals surface area contributed by atoms with Crippen LogP contribution in [0.4, 0.5) is 11.5 Å². The summed E-state index contributed by atoms with van der Waals surface area (Å²) in [7, 11) is -7.31. The van der Waals surface area contributed by atoms with Gasteiger partial charge in [0.15, 0.2) is 21.5 Å². The smallest absolute Gasteiger partial charge is 0.327 e. The Kier molecular flexibility index (Phi) is 8.38. The summed E-state index contributed by atoms with van der Waals surface area (Å²) < 4.78 is 59.4. The predicted molar refractivity (Wildman–Crippen MR) is 167 cm³/mol. The van der Waals surface area contributed by atoms with E-state index < -0.39 is 38.0 Å². The maximum atomic E-state index is 13.8. The maximum absolute atomic E-state index is 13.8. The number of hydrogen-bond acceptors (Lipinski definition) is 9. The highest BCUT2D eigenvalue weighted by molar-refractivity contribution is 7.93. The summed E-state index contributed by atoms with van der Waals surface area (Å²) in [5.74, 6) is 0.519. The van der Waals surface area contributed by atoms with Crippen molar-refractivity contribution in [2.45, 2.75) is 31.3 Å². The van der Waals surface area contributed by atoms with Crippen LogP contribution in [-0.2, 0) is 29.4 Å². The summed E-state index contributed by atoms with van der Waals surface area (Å²) in [4.78, 5) is 14.6. The Labute approximate surface area is 259 Å². The van der Waals surface area contributed by atoms with E-state index in [9.17, 15) is 21.6 Å². The van der Waals surface area contributed by atoms with Crippen molar-refractivity contribution in [2.75, 3.05) is 40.3 Å². The lowest BCUT2D eigenvalue weighted by Gasteiger charge is -2.27. The molecule has 2 aromatic heterocycles. The lowest BCUT2D eigenvalue weighted by molar-refractivity contribution is -0.152. The van der Waals surface area contributed by atoms with Crippen molar-refractivity contribution < 1.29 is 26.4 Å². The minimum absolute atomic E-state index is 0.0754. The predicted octanol–water partition coefficient (Wildman–Crippen LogP) is 4.50. The molecule has 0 bridgehead atoms. The highest BCUT2D eigenvalue weighted by Crippen LogP contribution is 2.31. The van der Waals surface area contributed by atoms with Crippen molar-refractivity contribution in [3.8, 4) is 5.82 Å². The van der Waals surface area contributed by atoms with Crippen LogP contribution in [0.1, 0.15) is 20.8 Å². The van der Waals surface area contributed by atoms with Crippen LogP contribution in [0.5, 0.6) is 0 Å². The molecule has 1 aliphatic rings. The van der Waals surface area contributed by atoms with Gasteiger partial charge in [0.05, 0.1) is 27.6 Å². The Hall–Kier alpha value is -3.39. The van der Waals surface area contributed by atoms with Crippen LogP contribution in [0.3, 0.4) is 0 Å². The molecule has 0 radical (unpaired) electrons. The van der Waals surface area contributed by atoms with E-state index in [2.05, 4.69) is 10.2 Å². The summed E-state index contributed by atoms with van der Waals surface area (Å²) in [5, 5.41) is 9.58. The molecule has 1 aliphatic heterocycles. The molecule has 15 heteroatoms. The summed E-state index contributed by atoms with van der Waals surface area (Å²) in [6.45, 7) is 5.22. The number of sulfonamides is 1. The Morgan fingerprint density at radius 2 is 1.58 bits per heavy atom. The lowest BCUT2D eigenvalue weighted by Crippen LogP contribution is -2.40. The first kappa shape index (κ1) is 31.0. The van der Waals surface area contributed by atoms with Gasteiger partial charge in [-0.05, 0) is 75.4 Å². The van der Waals surface area contributed by atoms with E-state index in [1.165, 1.54) is 18.2 Å². The molecule has 1 fully saturated rings. The summed E-state index contributed by atoms with van der Waals surface area (Å²) >= 11 is 12.2. The van der Waals surface area contributed by atoms with Crippen LogP contribution in [0, 0.1) is 0 Å². The van der Waals surface area contributed by atoms with Crippen LogP contribution in [0.15, 0.2) is 65.7 Å². The van der Waals surface area contributed by atoms with Gasteiger partial charge in [-0.25, -0.2) is 16.8 Å².